The quantitative estimate of drug-likeness (QED) is 0.693. The number of nitrogens with two attached hydrogens (primary N) is 1. The summed E-state index contributed by atoms with van der Waals surface area (Å²) in [6, 6.07) is 7.82. The van der Waals surface area contributed by atoms with Crippen molar-refractivity contribution in [3.8, 4) is 0 Å². The lowest BCUT2D eigenvalue weighted by atomic mass is 9.97. The van der Waals surface area contributed by atoms with Crippen LogP contribution in [0.25, 0.3) is 0 Å². The fourth-order valence-electron chi connectivity index (χ4n) is 3.21. The number of nitrogens with zero attached hydrogens (tertiary/aromatic N) is 1. The predicted molar refractivity (Wildman–Crippen MR) is 107 cm³/mol. The summed E-state index contributed by atoms with van der Waals surface area (Å²) in [5.74, 6) is -2.20. The highest BCUT2D eigenvalue weighted by Gasteiger charge is 2.27. The number of ether oxygens (including phenoxy) is 1. The molecular formula is C21H23N3O6. The van der Waals surface area contributed by atoms with Crippen molar-refractivity contribution in [2.75, 3.05) is 25.0 Å². The smallest absolute Gasteiger partial charge is 0.338 e. The van der Waals surface area contributed by atoms with Gasteiger partial charge in [0, 0.05) is 18.8 Å². The third-order valence-electron chi connectivity index (χ3n) is 4.97. The minimum absolute atomic E-state index is 0.142. The number of hydrogen-bond donors (Lipinski definition) is 2. The summed E-state index contributed by atoms with van der Waals surface area (Å²) in [5, 5.41) is 2.68. The monoisotopic (exact) mass is 413 g/mol. The summed E-state index contributed by atoms with van der Waals surface area (Å²) in [6.07, 6.45) is 2.71. The number of aryl methyl sites for hydroxylation is 1. The maximum atomic E-state index is 12.4. The van der Waals surface area contributed by atoms with E-state index in [4.69, 9.17) is 14.9 Å². The van der Waals surface area contributed by atoms with Crippen LogP contribution in [0.2, 0.25) is 0 Å². The van der Waals surface area contributed by atoms with Gasteiger partial charge < -0.3 is 25.1 Å². The van der Waals surface area contributed by atoms with Gasteiger partial charge in [-0.3, -0.25) is 14.4 Å². The number of likely N-dealkylation sites (tertiary alicyclic amines) is 1. The molecule has 3 N–H and O–H groups in total. The van der Waals surface area contributed by atoms with Gasteiger partial charge in [-0.25, -0.2) is 4.79 Å². The van der Waals surface area contributed by atoms with Gasteiger partial charge in [-0.1, -0.05) is 6.07 Å². The number of amides is 3. The van der Waals surface area contributed by atoms with Gasteiger partial charge in [0.05, 0.1) is 17.7 Å². The largest absolute Gasteiger partial charge is 0.459 e. The van der Waals surface area contributed by atoms with Gasteiger partial charge in [-0.2, -0.15) is 0 Å². The Kier molecular flexibility index (Phi) is 6.51. The van der Waals surface area contributed by atoms with E-state index in [1.54, 1.807) is 25.1 Å². The van der Waals surface area contributed by atoms with Crippen LogP contribution in [0.1, 0.15) is 39.3 Å². The molecule has 3 amide bonds. The van der Waals surface area contributed by atoms with E-state index < -0.39 is 24.4 Å². The average Bonchev–Trinajstić information content (AvgIpc) is 3.28. The molecule has 0 unspecified atom stereocenters. The normalized spacial score (nSPS) is 16.0. The van der Waals surface area contributed by atoms with Crippen molar-refractivity contribution in [3.63, 3.8) is 0 Å². The number of carbonyl (C=O) groups excluding carboxylic acids is 4. The van der Waals surface area contributed by atoms with Crippen molar-refractivity contribution in [1.29, 1.82) is 0 Å². The van der Waals surface area contributed by atoms with Gasteiger partial charge in [0.2, 0.25) is 5.91 Å². The Labute approximate surface area is 173 Å². The molecule has 9 heteroatoms. The maximum absolute atomic E-state index is 12.4. The number of piperidine rings is 1. The summed E-state index contributed by atoms with van der Waals surface area (Å²) >= 11 is 0. The summed E-state index contributed by atoms with van der Waals surface area (Å²) in [4.78, 5) is 49.7. The van der Waals surface area contributed by atoms with Crippen molar-refractivity contribution in [1.82, 2.24) is 4.90 Å². The van der Waals surface area contributed by atoms with Gasteiger partial charge >= 0.3 is 5.97 Å². The molecule has 9 nitrogen and oxygen atoms in total. The van der Waals surface area contributed by atoms with Gasteiger partial charge in [0.1, 0.15) is 0 Å². The molecule has 0 saturated carbocycles. The first-order valence-electron chi connectivity index (χ1n) is 9.55. The second kappa shape index (κ2) is 9.25. The van der Waals surface area contributed by atoms with Crippen LogP contribution < -0.4 is 11.1 Å². The van der Waals surface area contributed by atoms with E-state index in [2.05, 4.69) is 5.32 Å². The van der Waals surface area contributed by atoms with E-state index in [-0.39, 0.29) is 29.7 Å². The first kappa shape index (κ1) is 21.1. The minimum Gasteiger partial charge on any atom is -0.459 e. The molecule has 0 bridgehead atoms. The van der Waals surface area contributed by atoms with Crippen LogP contribution >= 0.6 is 0 Å². The summed E-state index contributed by atoms with van der Waals surface area (Å²) in [6.45, 7) is 2.07. The highest BCUT2D eigenvalue weighted by Crippen LogP contribution is 2.20. The summed E-state index contributed by atoms with van der Waals surface area (Å²) in [7, 11) is 0. The molecular weight excluding hydrogens is 390 g/mol. The standard InChI is InChI=1S/C21H23N3O6/c1-13-6-7-14(10-16(13)23-20(27)17-5-3-9-29-17)21(28)30-12-18(25)24-8-2-4-15(11-24)19(22)26/h3,5-7,9-10,15H,2,4,8,11-12H2,1H3,(H2,22,26)(H,23,27)/t15-/m0/s1. The van der Waals surface area contributed by atoms with Crippen molar-refractivity contribution in [2.24, 2.45) is 11.7 Å². The summed E-state index contributed by atoms with van der Waals surface area (Å²) < 4.78 is 10.2. The average molecular weight is 413 g/mol. The molecule has 0 spiro atoms. The van der Waals surface area contributed by atoms with Gasteiger partial charge in [0.15, 0.2) is 12.4 Å². The van der Waals surface area contributed by atoms with Gasteiger partial charge in [-0.05, 0) is 49.6 Å². The Morgan fingerprint density at radius 1 is 1.27 bits per heavy atom. The summed E-state index contributed by atoms with van der Waals surface area (Å²) in [5.41, 5.74) is 6.68. The van der Waals surface area contributed by atoms with Crippen LogP contribution in [0.5, 0.6) is 0 Å². The molecule has 1 aromatic heterocycles. The fourth-order valence-corrected chi connectivity index (χ4v) is 3.21. The van der Waals surface area contributed by atoms with E-state index in [0.717, 1.165) is 5.56 Å². The molecule has 1 saturated heterocycles. The van der Waals surface area contributed by atoms with E-state index >= 15 is 0 Å². The minimum atomic E-state index is -0.694. The molecule has 1 aromatic carbocycles. The topological polar surface area (TPSA) is 132 Å². The fraction of sp³-hybridized carbons (Fsp3) is 0.333. The number of carbonyl (C=O) groups is 4. The number of hydrogen-bond acceptors (Lipinski definition) is 6. The second-order valence-electron chi connectivity index (χ2n) is 7.12. The SMILES string of the molecule is Cc1ccc(C(=O)OCC(=O)N2CCC[C@H](C(N)=O)C2)cc1NC(=O)c1ccco1. The van der Waals surface area contributed by atoms with Crippen LogP contribution in [0.4, 0.5) is 5.69 Å². The van der Waals surface area contributed by atoms with E-state index in [0.29, 0.717) is 25.1 Å². The van der Waals surface area contributed by atoms with E-state index in [1.807, 2.05) is 0 Å². The van der Waals surface area contributed by atoms with Crippen molar-refractivity contribution in [2.45, 2.75) is 19.8 Å². The van der Waals surface area contributed by atoms with Gasteiger partial charge in [0.25, 0.3) is 11.8 Å². The second-order valence-corrected chi connectivity index (χ2v) is 7.12. The Balaban J connectivity index is 1.59. The van der Waals surface area contributed by atoms with Crippen LogP contribution in [0, 0.1) is 12.8 Å². The lowest BCUT2D eigenvalue weighted by Crippen LogP contribution is -2.45. The molecule has 158 valence electrons. The Hall–Kier alpha value is -3.62. The first-order chi connectivity index (χ1) is 14.3. The predicted octanol–water partition coefficient (Wildman–Crippen LogP) is 1.72. The number of rotatable bonds is 6. The molecule has 1 atom stereocenters. The van der Waals surface area contributed by atoms with Crippen LogP contribution in [-0.2, 0) is 14.3 Å². The van der Waals surface area contributed by atoms with Gasteiger partial charge in [-0.15, -0.1) is 0 Å². The number of nitrogens with one attached hydrogen (secondary N) is 1. The van der Waals surface area contributed by atoms with Crippen molar-refractivity contribution >= 4 is 29.4 Å². The lowest BCUT2D eigenvalue weighted by Gasteiger charge is -2.31. The molecule has 2 heterocycles. The van der Waals surface area contributed by atoms with Crippen molar-refractivity contribution < 1.29 is 28.3 Å². The maximum Gasteiger partial charge on any atom is 0.338 e. The third-order valence-corrected chi connectivity index (χ3v) is 4.97. The van der Waals surface area contributed by atoms with E-state index in [1.165, 1.54) is 23.3 Å². The molecule has 0 aliphatic carbocycles. The highest BCUT2D eigenvalue weighted by molar-refractivity contribution is 6.03. The Morgan fingerprint density at radius 3 is 2.77 bits per heavy atom. The molecule has 1 aliphatic heterocycles. The molecule has 30 heavy (non-hydrogen) atoms. The third kappa shape index (κ3) is 5.05. The first-order valence-corrected chi connectivity index (χ1v) is 9.55. The van der Waals surface area contributed by atoms with Crippen LogP contribution in [0.3, 0.4) is 0 Å². The zero-order valence-corrected chi connectivity index (χ0v) is 16.6. The number of primary amides is 1. The molecule has 1 aliphatic rings. The molecule has 0 radical (unpaired) electrons. The van der Waals surface area contributed by atoms with E-state index in [9.17, 15) is 19.2 Å². The number of benzene rings is 1. The van der Waals surface area contributed by atoms with Crippen LogP contribution in [0.15, 0.2) is 41.0 Å². The van der Waals surface area contributed by atoms with Crippen molar-refractivity contribution in [3.05, 3.63) is 53.5 Å². The van der Waals surface area contributed by atoms with Crippen LogP contribution in [-0.4, -0.2) is 48.3 Å². The number of anilines is 1. The Morgan fingerprint density at radius 2 is 2.07 bits per heavy atom. The molecule has 2 aromatic rings. The molecule has 1 fully saturated rings. The zero-order valence-electron chi connectivity index (χ0n) is 16.6. The lowest BCUT2D eigenvalue weighted by molar-refractivity contribution is -0.137. The number of furan rings is 1. The Bertz CT molecular complexity index is 954. The zero-order chi connectivity index (χ0) is 21.7. The molecule has 3 rings (SSSR count). The number of esters is 1. The highest BCUT2D eigenvalue weighted by atomic mass is 16.5.